The quantitative estimate of drug-likeness (QED) is 0.726. The number of fused-ring (bicyclic) bond motifs is 1. The molecule has 1 aliphatic heterocycles. The Balaban J connectivity index is 1.93. The van der Waals surface area contributed by atoms with Gasteiger partial charge in [-0.3, -0.25) is 4.79 Å². The van der Waals surface area contributed by atoms with Crippen LogP contribution >= 0.6 is 0 Å². The smallest absolute Gasteiger partial charge is 0.159 e. The molecule has 3 rings (SSSR count). The van der Waals surface area contributed by atoms with Gasteiger partial charge in [-0.1, -0.05) is 25.0 Å². The van der Waals surface area contributed by atoms with Gasteiger partial charge in [0.1, 0.15) is 0 Å². The number of carbonyl (C=O) groups excluding carboxylic acids is 1. The fourth-order valence-corrected chi connectivity index (χ4v) is 3.22. The summed E-state index contributed by atoms with van der Waals surface area (Å²) in [4.78, 5) is 14.0. The topological polar surface area (TPSA) is 20.3 Å². The number of ketones is 1. The van der Waals surface area contributed by atoms with Gasteiger partial charge in [0.05, 0.1) is 0 Å². The Morgan fingerprint density at radius 2 is 2.06 bits per heavy atom. The van der Waals surface area contributed by atoms with E-state index in [4.69, 9.17) is 0 Å². The molecule has 0 saturated heterocycles. The van der Waals surface area contributed by atoms with Gasteiger partial charge in [0.25, 0.3) is 0 Å². The van der Waals surface area contributed by atoms with Gasteiger partial charge in [-0.25, -0.2) is 0 Å². The number of nitrogens with zero attached hydrogens (tertiary/aromatic N) is 1. The van der Waals surface area contributed by atoms with Gasteiger partial charge in [-0.05, 0) is 37.8 Å². The van der Waals surface area contributed by atoms with E-state index in [0.717, 1.165) is 24.6 Å². The van der Waals surface area contributed by atoms with E-state index in [1.807, 2.05) is 6.07 Å². The molecule has 2 nitrogen and oxygen atoms in total. The van der Waals surface area contributed by atoms with Crippen molar-refractivity contribution in [1.29, 1.82) is 0 Å². The van der Waals surface area contributed by atoms with Gasteiger partial charge < -0.3 is 4.90 Å². The molecule has 0 N–H and O–H groups in total. The summed E-state index contributed by atoms with van der Waals surface area (Å²) in [5.74, 6) is 0.172. The van der Waals surface area contributed by atoms with E-state index < -0.39 is 0 Å². The summed E-state index contributed by atoms with van der Waals surface area (Å²) in [6, 6.07) is 6.93. The zero-order valence-corrected chi connectivity index (χ0v) is 10.4. The summed E-state index contributed by atoms with van der Waals surface area (Å²) in [6.07, 6.45) is 6.52. The summed E-state index contributed by atoms with van der Waals surface area (Å²) < 4.78 is 0. The van der Waals surface area contributed by atoms with E-state index in [2.05, 4.69) is 17.0 Å². The van der Waals surface area contributed by atoms with E-state index in [9.17, 15) is 4.79 Å². The molecule has 1 heterocycles. The maximum Gasteiger partial charge on any atom is 0.159 e. The molecular formula is C15H19NO. The van der Waals surface area contributed by atoms with Gasteiger partial charge in [0.2, 0.25) is 0 Å². The van der Waals surface area contributed by atoms with Crippen molar-refractivity contribution in [3.8, 4) is 0 Å². The maximum absolute atomic E-state index is 11.5. The first-order valence-corrected chi connectivity index (χ1v) is 6.66. The lowest BCUT2D eigenvalue weighted by molar-refractivity contribution is 0.101. The average molecular weight is 229 g/mol. The van der Waals surface area contributed by atoms with Gasteiger partial charge in [-0.15, -0.1) is 0 Å². The maximum atomic E-state index is 11.5. The Hall–Kier alpha value is -1.31. The van der Waals surface area contributed by atoms with Gasteiger partial charge in [-0.2, -0.15) is 0 Å². The Kier molecular flexibility index (Phi) is 2.65. The van der Waals surface area contributed by atoms with Crippen molar-refractivity contribution in [1.82, 2.24) is 0 Å². The second-order valence-electron chi connectivity index (χ2n) is 5.28. The summed E-state index contributed by atoms with van der Waals surface area (Å²) in [5, 5.41) is 0. The molecule has 1 fully saturated rings. The van der Waals surface area contributed by atoms with Crippen LogP contribution in [0.25, 0.3) is 0 Å². The lowest BCUT2D eigenvalue weighted by Gasteiger charge is -2.27. The lowest BCUT2D eigenvalue weighted by atomic mass is 10.1. The second kappa shape index (κ2) is 4.17. The van der Waals surface area contributed by atoms with Crippen LogP contribution in [0, 0.1) is 0 Å². The fourth-order valence-electron chi connectivity index (χ4n) is 3.22. The molecule has 2 heteroatoms. The second-order valence-corrected chi connectivity index (χ2v) is 5.28. The molecular weight excluding hydrogens is 210 g/mol. The van der Waals surface area contributed by atoms with E-state index in [1.165, 1.54) is 36.9 Å². The van der Waals surface area contributed by atoms with Crippen molar-refractivity contribution >= 4 is 11.5 Å². The average Bonchev–Trinajstić information content (AvgIpc) is 2.96. The van der Waals surface area contributed by atoms with Crippen LogP contribution in [0.3, 0.4) is 0 Å². The molecule has 1 aromatic rings. The van der Waals surface area contributed by atoms with Crippen molar-refractivity contribution in [3.63, 3.8) is 0 Å². The zero-order chi connectivity index (χ0) is 11.8. The lowest BCUT2D eigenvalue weighted by Crippen LogP contribution is -2.31. The van der Waals surface area contributed by atoms with Crippen LogP contribution in [0.1, 0.15) is 48.5 Å². The highest BCUT2D eigenvalue weighted by molar-refractivity contribution is 5.95. The molecule has 2 aliphatic rings. The minimum atomic E-state index is 0.172. The molecule has 0 spiro atoms. The third kappa shape index (κ3) is 1.86. The first kappa shape index (κ1) is 10.8. The Labute approximate surface area is 103 Å². The molecule has 1 aliphatic carbocycles. The molecule has 0 atom stereocenters. The minimum absolute atomic E-state index is 0.172. The minimum Gasteiger partial charge on any atom is -0.368 e. The molecule has 17 heavy (non-hydrogen) atoms. The molecule has 1 aromatic carbocycles. The predicted molar refractivity (Wildman–Crippen MR) is 69.8 cm³/mol. The van der Waals surface area contributed by atoms with Crippen LogP contribution < -0.4 is 4.90 Å². The van der Waals surface area contributed by atoms with E-state index >= 15 is 0 Å². The van der Waals surface area contributed by atoms with Gasteiger partial charge in [0.15, 0.2) is 5.78 Å². The van der Waals surface area contributed by atoms with Crippen molar-refractivity contribution in [3.05, 3.63) is 29.3 Å². The largest absolute Gasteiger partial charge is 0.368 e. The summed E-state index contributed by atoms with van der Waals surface area (Å²) in [5.41, 5.74) is 3.60. The molecule has 0 bridgehead atoms. The van der Waals surface area contributed by atoms with Crippen molar-refractivity contribution in [2.24, 2.45) is 0 Å². The van der Waals surface area contributed by atoms with E-state index in [-0.39, 0.29) is 5.78 Å². The molecule has 0 aromatic heterocycles. The third-order valence-electron chi connectivity index (χ3n) is 4.19. The number of hydrogen-bond acceptors (Lipinski definition) is 2. The molecule has 0 radical (unpaired) electrons. The van der Waals surface area contributed by atoms with Crippen molar-refractivity contribution in [2.45, 2.75) is 45.1 Å². The number of rotatable bonds is 2. The first-order chi connectivity index (χ1) is 8.25. The van der Waals surface area contributed by atoms with Crippen molar-refractivity contribution in [2.75, 3.05) is 11.4 Å². The van der Waals surface area contributed by atoms with Crippen LogP contribution in [-0.4, -0.2) is 18.4 Å². The number of anilines is 1. The molecule has 90 valence electrons. The third-order valence-corrected chi connectivity index (χ3v) is 4.19. The summed E-state index contributed by atoms with van der Waals surface area (Å²) in [7, 11) is 0. The Morgan fingerprint density at radius 3 is 2.76 bits per heavy atom. The van der Waals surface area contributed by atoms with Gasteiger partial charge in [0, 0.05) is 23.8 Å². The number of Topliss-reactive ketones (excluding diaryl/α,β-unsaturated/α-hetero) is 1. The number of carbonyl (C=O) groups is 1. The first-order valence-electron chi connectivity index (χ1n) is 6.66. The van der Waals surface area contributed by atoms with E-state index in [0.29, 0.717) is 0 Å². The SMILES string of the molecule is CC(=O)c1ccc2c(c1)N(C1CCCC1)CC2. The van der Waals surface area contributed by atoms with Crippen molar-refractivity contribution < 1.29 is 4.79 Å². The molecule has 0 amide bonds. The van der Waals surface area contributed by atoms with Crippen LogP contribution in [-0.2, 0) is 6.42 Å². The van der Waals surface area contributed by atoms with Crippen LogP contribution in [0.2, 0.25) is 0 Å². The number of benzene rings is 1. The van der Waals surface area contributed by atoms with Crippen LogP contribution in [0.4, 0.5) is 5.69 Å². The highest BCUT2D eigenvalue weighted by Crippen LogP contribution is 2.35. The Bertz CT molecular complexity index is 446. The Morgan fingerprint density at radius 1 is 1.29 bits per heavy atom. The highest BCUT2D eigenvalue weighted by Gasteiger charge is 2.28. The summed E-state index contributed by atoms with van der Waals surface area (Å²) in [6.45, 7) is 2.79. The molecule has 1 saturated carbocycles. The van der Waals surface area contributed by atoms with Gasteiger partial charge >= 0.3 is 0 Å². The van der Waals surface area contributed by atoms with Crippen LogP contribution in [0.15, 0.2) is 18.2 Å². The highest BCUT2D eigenvalue weighted by atomic mass is 16.1. The number of hydrogen-bond donors (Lipinski definition) is 0. The summed E-state index contributed by atoms with van der Waals surface area (Å²) >= 11 is 0. The fraction of sp³-hybridized carbons (Fsp3) is 0.533. The molecule has 0 unspecified atom stereocenters. The monoisotopic (exact) mass is 229 g/mol. The van der Waals surface area contributed by atoms with E-state index in [1.54, 1.807) is 6.92 Å². The predicted octanol–water partition coefficient (Wildman–Crippen LogP) is 3.19. The standard InChI is InChI=1S/C15H19NO/c1-11(17)13-7-6-12-8-9-16(15(12)10-13)14-4-2-3-5-14/h6-7,10,14H,2-5,8-9H2,1H3. The zero-order valence-electron chi connectivity index (χ0n) is 10.4. The normalized spacial score (nSPS) is 19.7. The van der Waals surface area contributed by atoms with Crippen LogP contribution in [0.5, 0.6) is 0 Å².